The van der Waals surface area contributed by atoms with Crippen molar-refractivity contribution in [3.05, 3.63) is 12.5 Å². The number of anilines is 2. The number of hydrogen-bond acceptors (Lipinski definition) is 4. The molecule has 0 aliphatic heterocycles. The number of rotatable bonds is 1. The van der Waals surface area contributed by atoms with Crippen molar-refractivity contribution in [3.8, 4) is 0 Å². The van der Waals surface area contributed by atoms with Gasteiger partial charge in [0.2, 0.25) is 0 Å². The first-order chi connectivity index (χ1) is 6.24. The Morgan fingerprint density at radius 2 is 2.23 bits per heavy atom. The minimum Gasteiger partial charge on any atom is -0.385 e. The Balaban J connectivity index is 2.87. The van der Waals surface area contributed by atoms with Crippen molar-refractivity contribution >= 4 is 22.5 Å². The summed E-state index contributed by atoms with van der Waals surface area (Å²) in [5.74, 6) is 0.508. The highest BCUT2D eigenvalue weighted by molar-refractivity contribution is 5.94. The molecule has 5 nitrogen and oxygen atoms in total. The Bertz CT molecular complexity index is 445. The maximum atomic E-state index is 5.73. The van der Waals surface area contributed by atoms with E-state index in [1.165, 1.54) is 6.33 Å². The molecule has 0 spiro atoms. The molecule has 2 heterocycles. The van der Waals surface area contributed by atoms with E-state index in [-0.39, 0.29) is 0 Å². The first-order valence-corrected chi connectivity index (χ1v) is 3.97. The highest BCUT2D eigenvalue weighted by atomic mass is 15.0. The van der Waals surface area contributed by atoms with E-state index in [1.807, 2.05) is 24.9 Å². The molecular weight excluding hydrogens is 166 g/mol. The van der Waals surface area contributed by atoms with Crippen LogP contribution in [0.3, 0.4) is 0 Å². The zero-order valence-electron chi connectivity index (χ0n) is 7.57. The number of nitrogens with zero attached hydrogens (tertiary/aromatic N) is 3. The second-order valence-electron chi connectivity index (χ2n) is 2.86. The third-order valence-electron chi connectivity index (χ3n) is 2.05. The van der Waals surface area contributed by atoms with Crippen LogP contribution < -0.4 is 11.1 Å². The maximum Gasteiger partial charge on any atom is 0.151 e. The highest BCUT2D eigenvalue weighted by Crippen LogP contribution is 2.24. The van der Waals surface area contributed by atoms with Gasteiger partial charge in [0.1, 0.15) is 17.4 Å². The summed E-state index contributed by atoms with van der Waals surface area (Å²) < 4.78 is 1.91. The summed E-state index contributed by atoms with van der Waals surface area (Å²) in [6.45, 7) is 0. The first-order valence-electron chi connectivity index (χ1n) is 3.97. The van der Waals surface area contributed by atoms with Gasteiger partial charge in [0, 0.05) is 20.3 Å². The van der Waals surface area contributed by atoms with Crippen LogP contribution in [0.4, 0.5) is 11.5 Å². The number of hydrogen-bond donors (Lipinski definition) is 2. The van der Waals surface area contributed by atoms with Gasteiger partial charge in [-0.1, -0.05) is 0 Å². The summed E-state index contributed by atoms with van der Waals surface area (Å²) in [5.41, 5.74) is 8.42. The van der Waals surface area contributed by atoms with E-state index in [0.717, 1.165) is 16.7 Å². The zero-order chi connectivity index (χ0) is 9.42. The molecule has 0 aliphatic rings. The normalized spacial score (nSPS) is 10.6. The Kier molecular flexibility index (Phi) is 1.58. The van der Waals surface area contributed by atoms with Gasteiger partial charge in [0.25, 0.3) is 0 Å². The summed E-state index contributed by atoms with van der Waals surface area (Å²) in [4.78, 5) is 8.09. The SMILES string of the molecule is CNc1cn(C)c2c(N)ncnc12. The molecule has 0 unspecified atom stereocenters. The van der Waals surface area contributed by atoms with Crippen LogP contribution in [0.1, 0.15) is 0 Å². The highest BCUT2D eigenvalue weighted by Gasteiger charge is 2.09. The fraction of sp³-hybridized carbons (Fsp3) is 0.250. The Labute approximate surface area is 75.6 Å². The summed E-state index contributed by atoms with van der Waals surface area (Å²) in [7, 11) is 3.77. The second kappa shape index (κ2) is 2.62. The van der Waals surface area contributed by atoms with E-state index in [1.54, 1.807) is 0 Å². The molecule has 0 saturated carbocycles. The fourth-order valence-corrected chi connectivity index (χ4v) is 1.44. The van der Waals surface area contributed by atoms with E-state index in [4.69, 9.17) is 5.73 Å². The summed E-state index contributed by atoms with van der Waals surface area (Å²) >= 11 is 0. The van der Waals surface area contributed by atoms with Gasteiger partial charge in [-0.2, -0.15) is 0 Å². The molecule has 0 aromatic carbocycles. The third kappa shape index (κ3) is 1.00. The molecule has 0 amide bonds. The topological polar surface area (TPSA) is 68.8 Å². The molecule has 0 bridgehead atoms. The smallest absolute Gasteiger partial charge is 0.151 e. The molecule has 0 atom stereocenters. The second-order valence-corrected chi connectivity index (χ2v) is 2.86. The standard InChI is InChI=1S/C8H11N5/c1-10-5-3-13(2)7-6(5)11-4-12-8(7)9/h3-4,10H,1-2H3,(H2,9,11,12). The average molecular weight is 177 g/mol. The molecular formula is C8H11N5. The molecule has 2 aromatic heterocycles. The first kappa shape index (κ1) is 7.85. The predicted molar refractivity (Wildman–Crippen MR) is 52.5 cm³/mol. The monoisotopic (exact) mass is 177 g/mol. The third-order valence-corrected chi connectivity index (χ3v) is 2.05. The van der Waals surface area contributed by atoms with Gasteiger partial charge < -0.3 is 15.6 Å². The minimum absolute atomic E-state index is 0.508. The van der Waals surface area contributed by atoms with Crippen LogP contribution in [0.5, 0.6) is 0 Å². The number of aromatic nitrogens is 3. The van der Waals surface area contributed by atoms with Gasteiger partial charge in [0.05, 0.1) is 5.69 Å². The summed E-state index contributed by atoms with van der Waals surface area (Å²) in [5, 5.41) is 3.05. The molecule has 0 fully saturated rings. The maximum absolute atomic E-state index is 5.73. The van der Waals surface area contributed by atoms with Gasteiger partial charge in [-0.05, 0) is 0 Å². The van der Waals surface area contributed by atoms with Gasteiger partial charge in [-0.15, -0.1) is 0 Å². The van der Waals surface area contributed by atoms with Gasteiger partial charge in [0.15, 0.2) is 5.82 Å². The number of fused-ring (bicyclic) bond motifs is 1. The van der Waals surface area contributed by atoms with Gasteiger partial charge in [-0.25, -0.2) is 9.97 Å². The lowest BCUT2D eigenvalue weighted by Crippen LogP contribution is -1.96. The average Bonchev–Trinajstić information content (AvgIpc) is 2.44. The summed E-state index contributed by atoms with van der Waals surface area (Å²) in [6.07, 6.45) is 3.41. The molecule has 3 N–H and O–H groups in total. The van der Waals surface area contributed by atoms with E-state index in [2.05, 4.69) is 15.3 Å². The van der Waals surface area contributed by atoms with E-state index in [9.17, 15) is 0 Å². The lowest BCUT2D eigenvalue weighted by molar-refractivity contribution is 0.965. The van der Waals surface area contributed by atoms with Crippen LogP contribution in [0, 0.1) is 0 Å². The van der Waals surface area contributed by atoms with Crippen molar-refractivity contribution < 1.29 is 0 Å². The Morgan fingerprint density at radius 1 is 1.46 bits per heavy atom. The number of nitrogen functional groups attached to an aromatic ring is 1. The molecule has 13 heavy (non-hydrogen) atoms. The van der Waals surface area contributed by atoms with Crippen molar-refractivity contribution in [1.29, 1.82) is 0 Å². The Morgan fingerprint density at radius 3 is 2.92 bits per heavy atom. The van der Waals surface area contributed by atoms with Crippen LogP contribution in [0.25, 0.3) is 11.0 Å². The van der Waals surface area contributed by atoms with Crippen molar-refractivity contribution in [3.63, 3.8) is 0 Å². The van der Waals surface area contributed by atoms with Crippen molar-refractivity contribution in [2.24, 2.45) is 7.05 Å². The molecule has 2 aromatic rings. The zero-order valence-corrected chi connectivity index (χ0v) is 7.57. The van der Waals surface area contributed by atoms with Crippen LogP contribution in [0.15, 0.2) is 12.5 Å². The molecule has 68 valence electrons. The van der Waals surface area contributed by atoms with Gasteiger partial charge >= 0.3 is 0 Å². The van der Waals surface area contributed by atoms with E-state index >= 15 is 0 Å². The molecule has 5 heteroatoms. The van der Waals surface area contributed by atoms with Gasteiger partial charge in [-0.3, -0.25) is 0 Å². The van der Waals surface area contributed by atoms with E-state index < -0.39 is 0 Å². The largest absolute Gasteiger partial charge is 0.385 e. The number of nitrogens with two attached hydrogens (primary N) is 1. The minimum atomic E-state index is 0.508. The summed E-state index contributed by atoms with van der Waals surface area (Å²) in [6, 6.07) is 0. The predicted octanol–water partition coefficient (Wildman–Crippen LogP) is 0.592. The van der Waals surface area contributed by atoms with Crippen LogP contribution in [-0.4, -0.2) is 21.6 Å². The lowest BCUT2D eigenvalue weighted by atomic mass is 10.4. The van der Waals surface area contributed by atoms with Crippen LogP contribution in [0.2, 0.25) is 0 Å². The molecule has 0 saturated heterocycles. The molecule has 0 radical (unpaired) electrons. The fourth-order valence-electron chi connectivity index (χ4n) is 1.44. The number of nitrogens with one attached hydrogen (secondary N) is 1. The van der Waals surface area contributed by atoms with Crippen LogP contribution >= 0.6 is 0 Å². The van der Waals surface area contributed by atoms with E-state index in [0.29, 0.717) is 5.82 Å². The lowest BCUT2D eigenvalue weighted by Gasteiger charge is -1.97. The van der Waals surface area contributed by atoms with Crippen molar-refractivity contribution in [2.75, 3.05) is 18.1 Å². The van der Waals surface area contributed by atoms with Crippen molar-refractivity contribution in [1.82, 2.24) is 14.5 Å². The molecule has 2 rings (SSSR count). The molecule has 0 aliphatic carbocycles. The van der Waals surface area contributed by atoms with Crippen molar-refractivity contribution in [2.45, 2.75) is 0 Å². The number of aryl methyl sites for hydroxylation is 1. The van der Waals surface area contributed by atoms with Crippen LogP contribution in [-0.2, 0) is 7.05 Å². The quantitative estimate of drug-likeness (QED) is 0.669. The Hall–Kier alpha value is -1.78.